The zero-order valence-electron chi connectivity index (χ0n) is 17.3. The van der Waals surface area contributed by atoms with Gasteiger partial charge in [0, 0.05) is 12.1 Å². The zero-order chi connectivity index (χ0) is 22.7. The van der Waals surface area contributed by atoms with Crippen LogP contribution in [0, 0.1) is 6.92 Å². The van der Waals surface area contributed by atoms with E-state index in [4.69, 9.17) is 4.42 Å². The second kappa shape index (κ2) is 8.81. The molecule has 0 saturated carbocycles. The molecule has 2 N–H and O–H groups in total. The van der Waals surface area contributed by atoms with Crippen LogP contribution in [0.25, 0.3) is 5.69 Å². The van der Waals surface area contributed by atoms with E-state index in [0.29, 0.717) is 29.2 Å². The third-order valence-electron chi connectivity index (χ3n) is 5.12. The van der Waals surface area contributed by atoms with Crippen molar-refractivity contribution < 1.29 is 24.2 Å². The van der Waals surface area contributed by atoms with Gasteiger partial charge < -0.3 is 19.5 Å². The first-order valence-electron chi connectivity index (χ1n) is 9.90. The number of aromatic hydroxyl groups is 1. The maximum absolute atomic E-state index is 13.3. The average Bonchev–Trinajstić information content (AvgIpc) is 3.44. The molecule has 1 amide bonds. The van der Waals surface area contributed by atoms with Crippen molar-refractivity contribution in [3.63, 3.8) is 0 Å². The van der Waals surface area contributed by atoms with E-state index < -0.39 is 5.97 Å². The number of aromatic carboxylic acids is 1. The van der Waals surface area contributed by atoms with Gasteiger partial charge in [0.25, 0.3) is 5.91 Å². The standard InChI is InChI=1S/C24H21N3O5/c1-16-22(24(30)31)13-25-27(16)19-8-6-18(7-9-19)23(29)26(15-21-3-2-12-32-21)14-17-4-10-20(28)11-5-17/h2-13,28H,14-15H2,1H3,(H,30,31). The van der Waals surface area contributed by atoms with Gasteiger partial charge in [-0.15, -0.1) is 0 Å². The number of hydrogen-bond acceptors (Lipinski definition) is 5. The molecular weight excluding hydrogens is 410 g/mol. The molecule has 8 heteroatoms. The quantitative estimate of drug-likeness (QED) is 0.457. The lowest BCUT2D eigenvalue weighted by molar-refractivity contribution is 0.0693. The molecule has 0 radical (unpaired) electrons. The van der Waals surface area contributed by atoms with E-state index in [1.54, 1.807) is 78.8 Å². The van der Waals surface area contributed by atoms with Gasteiger partial charge in [0.05, 0.1) is 30.4 Å². The van der Waals surface area contributed by atoms with E-state index in [9.17, 15) is 19.8 Å². The number of carboxylic acids is 1. The van der Waals surface area contributed by atoms with Gasteiger partial charge >= 0.3 is 5.97 Å². The summed E-state index contributed by atoms with van der Waals surface area (Å²) in [6.07, 6.45) is 2.87. The summed E-state index contributed by atoms with van der Waals surface area (Å²) >= 11 is 0. The molecule has 0 aliphatic rings. The molecule has 2 heterocycles. The summed E-state index contributed by atoms with van der Waals surface area (Å²) < 4.78 is 6.95. The van der Waals surface area contributed by atoms with E-state index in [2.05, 4.69) is 5.10 Å². The van der Waals surface area contributed by atoms with Crippen LogP contribution in [0.5, 0.6) is 5.75 Å². The molecule has 0 aliphatic carbocycles. The number of amides is 1. The summed E-state index contributed by atoms with van der Waals surface area (Å²) in [6, 6.07) is 17.1. The molecule has 0 saturated heterocycles. The lowest BCUT2D eigenvalue weighted by Gasteiger charge is -2.22. The first-order valence-corrected chi connectivity index (χ1v) is 9.90. The Morgan fingerprint density at radius 2 is 1.75 bits per heavy atom. The number of benzene rings is 2. The molecule has 4 rings (SSSR count). The SMILES string of the molecule is Cc1c(C(=O)O)cnn1-c1ccc(C(=O)N(Cc2ccc(O)cc2)Cc2ccco2)cc1. The van der Waals surface area contributed by atoms with E-state index >= 15 is 0 Å². The van der Waals surface area contributed by atoms with Crippen LogP contribution in [-0.2, 0) is 13.1 Å². The van der Waals surface area contributed by atoms with Crippen LogP contribution >= 0.6 is 0 Å². The van der Waals surface area contributed by atoms with Crippen molar-refractivity contribution in [3.8, 4) is 11.4 Å². The Balaban J connectivity index is 1.58. The fourth-order valence-electron chi connectivity index (χ4n) is 3.42. The van der Waals surface area contributed by atoms with Crippen LogP contribution in [0.3, 0.4) is 0 Å². The van der Waals surface area contributed by atoms with Gasteiger partial charge in [-0.25, -0.2) is 9.48 Å². The monoisotopic (exact) mass is 431 g/mol. The minimum atomic E-state index is -1.04. The van der Waals surface area contributed by atoms with Crippen LogP contribution in [-0.4, -0.2) is 36.8 Å². The molecule has 2 aromatic heterocycles. The predicted octanol–water partition coefficient (Wildman–Crippen LogP) is 4.02. The summed E-state index contributed by atoms with van der Waals surface area (Å²) in [6.45, 7) is 2.30. The number of nitrogens with zero attached hydrogens (tertiary/aromatic N) is 3. The lowest BCUT2D eigenvalue weighted by Crippen LogP contribution is -2.30. The van der Waals surface area contributed by atoms with E-state index in [1.165, 1.54) is 10.9 Å². The second-order valence-corrected chi connectivity index (χ2v) is 7.31. The molecule has 0 spiro atoms. The maximum atomic E-state index is 13.3. The Kier molecular flexibility index (Phi) is 5.76. The van der Waals surface area contributed by atoms with Crippen LogP contribution in [0.2, 0.25) is 0 Å². The first-order chi connectivity index (χ1) is 15.4. The number of carboxylic acid groups (broad SMARTS) is 1. The molecule has 0 fully saturated rings. The Bertz CT molecular complexity index is 1230. The summed E-state index contributed by atoms with van der Waals surface area (Å²) in [5.41, 5.74) is 2.63. The Hall–Kier alpha value is -4.33. The highest BCUT2D eigenvalue weighted by molar-refractivity contribution is 5.94. The molecule has 162 valence electrons. The van der Waals surface area contributed by atoms with Crippen LogP contribution < -0.4 is 0 Å². The van der Waals surface area contributed by atoms with E-state index in [1.807, 2.05) is 0 Å². The molecule has 0 aliphatic heterocycles. The van der Waals surface area contributed by atoms with E-state index in [-0.39, 0.29) is 23.8 Å². The van der Waals surface area contributed by atoms with Crippen LogP contribution in [0.1, 0.15) is 37.7 Å². The highest BCUT2D eigenvalue weighted by Crippen LogP contribution is 2.19. The zero-order valence-corrected chi connectivity index (χ0v) is 17.3. The second-order valence-electron chi connectivity index (χ2n) is 7.31. The molecule has 0 atom stereocenters. The molecular formula is C24H21N3O5. The summed E-state index contributed by atoms with van der Waals surface area (Å²) in [5.74, 6) is -0.414. The van der Waals surface area contributed by atoms with Crippen molar-refractivity contribution in [1.29, 1.82) is 0 Å². The maximum Gasteiger partial charge on any atom is 0.339 e. The van der Waals surface area contributed by atoms with Crippen molar-refractivity contribution in [2.45, 2.75) is 20.0 Å². The normalized spacial score (nSPS) is 10.8. The Morgan fingerprint density at radius 3 is 2.34 bits per heavy atom. The molecule has 0 bridgehead atoms. The van der Waals surface area contributed by atoms with E-state index in [0.717, 1.165) is 5.56 Å². The van der Waals surface area contributed by atoms with Crippen LogP contribution in [0.15, 0.2) is 77.5 Å². The minimum absolute atomic E-state index is 0.128. The topological polar surface area (TPSA) is 109 Å². The summed E-state index contributed by atoms with van der Waals surface area (Å²) in [7, 11) is 0. The van der Waals surface area contributed by atoms with Crippen molar-refractivity contribution in [2.24, 2.45) is 0 Å². The van der Waals surface area contributed by atoms with Gasteiger partial charge in [0.1, 0.15) is 17.1 Å². The molecule has 4 aromatic rings. The van der Waals surface area contributed by atoms with Gasteiger partial charge in [-0.3, -0.25) is 4.79 Å². The smallest absolute Gasteiger partial charge is 0.339 e. The number of carbonyl (C=O) groups is 2. The summed E-state index contributed by atoms with van der Waals surface area (Å²) in [5, 5.41) is 22.9. The van der Waals surface area contributed by atoms with Gasteiger partial charge in [-0.2, -0.15) is 5.10 Å². The average molecular weight is 431 g/mol. The van der Waals surface area contributed by atoms with Gasteiger partial charge in [-0.1, -0.05) is 12.1 Å². The lowest BCUT2D eigenvalue weighted by atomic mass is 10.1. The highest BCUT2D eigenvalue weighted by atomic mass is 16.4. The van der Waals surface area contributed by atoms with Crippen molar-refractivity contribution in [3.05, 3.63) is 101 Å². The van der Waals surface area contributed by atoms with Gasteiger partial charge in [-0.05, 0) is 61.0 Å². The molecule has 0 unspecified atom stereocenters. The number of phenols is 1. The largest absolute Gasteiger partial charge is 0.508 e. The van der Waals surface area contributed by atoms with Crippen LogP contribution in [0.4, 0.5) is 0 Å². The fourth-order valence-corrected chi connectivity index (χ4v) is 3.42. The summed E-state index contributed by atoms with van der Waals surface area (Å²) in [4.78, 5) is 26.2. The third-order valence-corrected chi connectivity index (χ3v) is 5.12. The number of phenolic OH excluding ortho intramolecular Hbond substituents is 1. The minimum Gasteiger partial charge on any atom is -0.508 e. The van der Waals surface area contributed by atoms with Gasteiger partial charge in [0.2, 0.25) is 0 Å². The number of furan rings is 1. The molecule has 8 nitrogen and oxygen atoms in total. The fraction of sp³-hybridized carbons (Fsp3) is 0.125. The third kappa shape index (κ3) is 4.39. The number of aromatic nitrogens is 2. The highest BCUT2D eigenvalue weighted by Gasteiger charge is 2.19. The van der Waals surface area contributed by atoms with Crippen molar-refractivity contribution >= 4 is 11.9 Å². The number of rotatable bonds is 7. The molecule has 32 heavy (non-hydrogen) atoms. The first kappa shape index (κ1) is 20.9. The Morgan fingerprint density at radius 1 is 1.03 bits per heavy atom. The van der Waals surface area contributed by atoms with Crippen molar-refractivity contribution in [2.75, 3.05) is 0 Å². The Labute approximate surface area is 184 Å². The number of carbonyl (C=O) groups excluding carboxylic acids is 1. The number of hydrogen-bond donors (Lipinski definition) is 2. The van der Waals surface area contributed by atoms with Crippen molar-refractivity contribution in [1.82, 2.24) is 14.7 Å². The molecule has 2 aromatic carbocycles. The van der Waals surface area contributed by atoms with Gasteiger partial charge in [0.15, 0.2) is 0 Å². The predicted molar refractivity (Wildman–Crippen MR) is 116 cm³/mol.